The van der Waals surface area contributed by atoms with Gasteiger partial charge in [0.05, 0.1) is 0 Å². The lowest BCUT2D eigenvalue weighted by molar-refractivity contribution is 0.756. The number of hydrogen-bond acceptors (Lipinski definition) is 5. The van der Waals surface area contributed by atoms with Gasteiger partial charge in [0.1, 0.15) is 5.82 Å². The van der Waals surface area contributed by atoms with Crippen LogP contribution in [0.4, 0.5) is 17.5 Å². The van der Waals surface area contributed by atoms with Gasteiger partial charge in [-0.15, -0.1) is 0 Å². The molecular weight excluding hydrogens is 238 g/mol. The van der Waals surface area contributed by atoms with E-state index in [2.05, 4.69) is 44.6 Å². The first kappa shape index (κ1) is 11.9. The third-order valence-electron chi connectivity index (χ3n) is 3.44. The number of aromatic nitrogens is 2. The molecule has 0 amide bonds. The van der Waals surface area contributed by atoms with Crippen molar-refractivity contribution in [2.45, 2.75) is 19.8 Å². The molecule has 5 nitrogen and oxygen atoms in total. The fourth-order valence-electron chi connectivity index (χ4n) is 2.53. The predicted molar refractivity (Wildman–Crippen MR) is 76.3 cm³/mol. The molecule has 0 atom stereocenters. The molecule has 2 aromatic rings. The van der Waals surface area contributed by atoms with E-state index in [9.17, 15) is 0 Å². The van der Waals surface area contributed by atoms with Gasteiger partial charge >= 0.3 is 0 Å². The zero-order valence-electron chi connectivity index (χ0n) is 10.9. The second-order valence-corrected chi connectivity index (χ2v) is 4.73. The molecule has 0 unspecified atom stereocenters. The number of anilines is 3. The minimum atomic E-state index is 0.448. The van der Waals surface area contributed by atoms with Crippen LogP contribution < -0.4 is 16.2 Å². The maximum atomic E-state index is 5.40. The fraction of sp³-hybridized carbons (Fsp3) is 0.286. The Morgan fingerprint density at radius 2 is 2.16 bits per heavy atom. The van der Waals surface area contributed by atoms with Crippen molar-refractivity contribution >= 4 is 17.5 Å². The highest BCUT2D eigenvalue weighted by molar-refractivity contribution is 5.67. The number of nitrogens with zero attached hydrogens (tertiary/aromatic N) is 3. The zero-order chi connectivity index (χ0) is 13.2. The molecule has 1 aromatic carbocycles. The Bertz CT molecular complexity index is 596. The average molecular weight is 255 g/mol. The molecule has 0 bridgehead atoms. The van der Waals surface area contributed by atoms with Gasteiger partial charge in [-0.3, -0.25) is 5.43 Å². The summed E-state index contributed by atoms with van der Waals surface area (Å²) in [6.45, 7) is 2.99. The van der Waals surface area contributed by atoms with Crippen molar-refractivity contribution < 1.29 is 0 Å². The molecule has 3 rings (SSSR count). The van der Waals surface area contributed by atoms with Crippen molar-refractivity contribution in [2.75, 3.05) is 16.9 Å². The minimum absolute atomic E-state index is 0.448. The number of rotatable bonds is 2. The number of nitrogens with two attached hydrogens (primary N) is 1. The monoisotopic (exact) mass is 255 g/mol. The van der Waals surface area contributed by atoms with Crippen molar-refractivity contribution in [3.05, 3.63) is 41.6 Å². The lowest BCUT2D eigenvalue weighted by atomic mass is 10.0. The molecule has 2 heterocycles. The zero-order valence-corrected chi connectivity index (χ0v) is 10.9. The molecule has 0 aliphatic carbocycles. The molecule has 0 fully saturated rings. The third kappa shape index (κ3) is 2.13. The minimum Gasteiger partial charge on any atom is -0.326 e. The second-order valence-electron chi connectivity index (χ2n) is 4.73. The van der Waals surface area contributed by atoms with Crippen LogP contribution in [0.5, 0.6) is 0 Å². The van der Waals surface area contributed by atoms with Crippen LogP contribution in [-0.4, -0.2) is 16.5 Å². The standard InChI is InChI=1S/C14H17N5/c1-10-9-16-14(18-15)17-13(10)19-8-4-6-11-5-2-3-7-12(11)19/h2-3,5,7,9H,4,6,8,15H2,1H3,(H,16,17,18). The molecule has 0 spiro atoms. The van der Waals surface area contributed by atoms with Gasteiger partial charge in [-0.05, 0) is 31.4 Å². The van der Waals surface area contributed by atoms with E-state index >= 15 is 0 Å². The van der Waals surface area contributed by atoms with Gasteiger partial charge in [-0.25, -0.2) is 10.8 Å². The highest BCUT2D eigenvalue weighted by atomic mass is 15.3. The van der Waals surface area contributed by atoms with Crippen LogP contribution in [0.3, 0.4) is 0 Å². The van der Waals surface area contributed by atoms with Crippen LogP contribution in [0.1, 0.15) is 17.5 Å². The molecule has 3 N–H and O–H groups in total. The molecule has 0 saturated carbocycles. The van der Waals surface area contributed by atoms with Crippen LogP contribution in [0.2, 0.25) is 0 Å². The highest BCUT2D eigenvalue weighted by Gasteiger charge is 2.20. The van der Waals surface area contributed by atoms with E-state index in [1.807, 2.05) is 6.92 Å². The SMILES string of the molecule is Cc1cnc(NN)nc1N1CCCc2ccccc21. The number of para-hydroxylation sites is 1. The van der Waals surface area contributed by atoms with Crippen molar-refractivity contribution in [2.24, 2.45) is 5.84 Å². The summed E-state index contributed by atoms with van der Waals surface area (Å²) in [5.41, 5.74) is 6.16. The van der Waals surface area contributed by atoms with E-state index in [0.717, 1.165) is 30.8 Å². The molecule has 1 aliphatic rings. The van der Waals surface area contributed by atoms with Gasteiger partial charge in [-0.2, -0.15) is 4.98 Å². The second kappa shape index (κ2) is 4.85. The fourth-order valence-corrected chi connectivity index (χ4v) is 2.53. The van der Waals surface area contributed by atoms with Crippen LogP contribution in [-0.2, 0) is 6.42 Å². The Hall–Kier alpha value is -2.14. The largest absolute Gasteiger partial charge is 0.326 e. The Balaban J connectivity index is 2.08. The Morgan fingerprint density at radius 3 is 3.00 bits per heavy atom. The van der Waals surface area contributed by atoms with Gasteiger partial charge in [-0.1, -0.05) is 18.2 Å². The van der Waals surface area contributed by atoms with Gasteiger partial charge < -0.3 is 4.90 Å². The van der Waals surface area contributed by atoms with Gasteiger partial charge in [0.25, 0.3) is 0 Å². The number of nitrogen functional groups attached to an aromatic ring is 1. The van der Waals surface area contributed by atoms with Crippen LogP contribution in [0.25, 0.3) is 0 Å². The number of benzene rings is 1. The van der Waals surface area contributed by atoms with E-state index in [1.165, 1.54) is 11.3 Å². The molecule has 0 saturated heterocycles. The molecule has 19 heavy (non-hydrogen) atoms. The van der Waals surface area contributed by atoms with E-state index in [1.54, 1.807) is 6.20 Å². The lowest BCUT2D eigenvalue weighted by Gasteiger charge is -2.31. The molecular formula is C14H17N5. The van der Waals surface area contributed by atoms with E-state index in [4.69, 9.17) is 5.84 Å². The predicted octanol–water partition coefficient (Wildman–Crippen LogP) is 2.15. The summed E-state index contributed by atoms with van der Waals surface area (Å²) in [7, 11) is 0. The van der Waals surface area contributed by atoms with Crippen molar-refractivity contribution in [1.82, 2.24) is 9.97 Å². The molecule has 5 heteroatoms. The van der Waals surface area contributed by atoms with Gasteiger partial charge in [0.15, 0.2) is 0 Å². The smallest absolute Gasteiger partial charge is 0.239 e. The quantitative estimate of drug-likeness (QED) is 0.636. The van der Waals surface area contributed by atoms with Crippen molar-refractivity contribution in [3.8, 4) is 0 Å². The summed E-state index contributed by atoms with van der Waals surface area (Å²) < 4.78 is 0. The first-order valence-corrected chi connectivity index (χ1v) is 6.45. The van der Waals surface area contributed by atoms with Gasteiger partial charge in [0.2, 0.25) is 5.95 Å². The van der Waals surface area contributed by atoms with Crippen LogP contribution in [0.15, 0.2) is 30.5 Å². The van der Waals surface area contributed by atoms with Gasteiger partial charge in [0, 0.05) is 24.0 Å². The molecule has 0 radical (unpaired) electrons. The average Bonchev–Trinajstić information content (AvgIpc) is 2.47. The lowest BCUT2D eigenvalue weighted by Crippen LogP contribution is -2.26. The summed E-state index contributed by atoms with van der Waals surface area (Å²) in [6.07, 6.45) is 4.05. The Morgan fingerprint density at radius 1 is 1.32 bits per heavy atom. The van der Waals surface area contributed by atoms with Crippen LogP contribution >= 0.6 is 0 Å². The number of fused-ring (bicyclic) bond motifs is 1. The highest BCUT2D eigenvalue weighted by Crippen LogP contribution is 2.33. The Kier molecular flexibility index (Phi) is 3.05. The van der Waals surface area contributed by atoms with E-state index in [-0.39, 0.29) is 0 Å². The first-order valence-electron chi connectivity index (χ1n) is 6.45. The number of hydrazine groups is 1. The van der Waals surface area contributed by atoms with Crippen molar-refractivity contribution in [1.29, 1.82) is 0 Å². The topological polar surface area (TPSA) is 67.1 Å². The first-order chi connectivity index (χ1) is 9.29. The normalized spacial score (nSPS) is 14.1. The third-order valence-corrected chi connectivity index (χ3v) is 3.44. The summed E-state index contributed by atoms with van der Waals surface area (Å²) >= 11 is 0. The summed E-state index contributed by atoms with van der Waals surface area (Å²) in [6, 6.07) is 8.48. The number of hydrogen-bond donors (Lipinski definition) is 2. The molecule has 98 valence electrons. The summed E-state index contributed by atoms with van der Waals surface area (Å²) in [4.78, 5) is 10.9. The summed E-state index contributed by atoms with van der Waals surface area (Å²) in [5.74, 6) is 6.77. The molecule has 1 aliphatic heterocycles. The molecule has 1 aromatic heterocycles. The van der Waals surface area contributed by atoms with Crippen molar-refractivity contribution in [3.63, 3.8) is 0 Å². The Labute approximate surface area is 112 Å². The van der Waals surface area contributed by atoms with E-state index < -0.39 is 0 Å². The van der Waals surface area contributed by atoms with E-state index in [0.29, 0.717) is 5.95 Å². The number of aryl methyl sites for hydroxylation is 2. The van der Waals surface area contributed by atoms with Crippen LogP contribution in [0, 0.1) is 6.92 Å². The summed E-state index contributed by atoms with van der Waals surface area (Å²) in [5, 5.41) is 0. The maximum absolute atomic E-state index is 5.40. The number of nitrogens with one attached hydrogen (secondary N) is 1. The maximum Gasteiger partial charge on any atom is 0.239 e.